The summed E-state index contributed by atoms with van der Waals surface area (Å²) in [7, 11) is 1.74. The molecule has 0 amide bonds. The Labute approximate surface area is 80.9 Å². The SMILES string of the molecule is CNCC(=O)c1coc2cnccc12. The minimum Gasteiger partial charge on any atom is -0.462 e. The molecule has 0 spiro atoms. The molecule has 4 heteroatoms. The Balaban J connectivity index is 2.47. The number of fused-ring (bicyclic) bond motifs is 1. The molecule has 2 rings (SSSR count). The largest absolute Gasteiger partial charge is 0.462 e. The molecule has 2 heterocycles. The number of ketones is 1. The zero-order chi connectivity index (χ0) is 9.97. The molecule has 0 atom stereocenters. The summed E-state index contributed by atoms with van der Waals surface area (Å²) < 4.78 is 5.21. The molecule has 0 aliphatic carbocycles. The van der Waals surface area contributed by atoms with Crippen LogP contribution in [0.4, 0.5) is 0 Å². The molecule has 0 saturated heterocycles. The predicted molar refractivity (Wildman–Crippen MR) is 52.3 cm³/mol. The third-order valence-corrected chi connectivity index (χ3v) is 2.02. The number of hydrogen-bond donors (Lipinski definition) is 1. The van der Waals surface area contributed by atoms with Crippen molar-refractivity contribution in [3.63, 3.8) is 0 Å². The van der Waals surface area contributed by atoms with Crippen molar-refractivity contribution in [2.75, 3.05) is 13.6 Å². The molecule has 1 N–H and O–H groups in total. The first-order valence-corrected chi connectivity index (χ1v) is 4.32. The van der Waals surface area contributed by atoms with Crippen molar-refractivity contribution < 1.29 is 9.21 Å². The van der Waals surface area contributed by atoms with Crippen molar-refractivity contribution >= 4 is 16.8 Å². The van der Waals surface area contributed by atoms with Gasteiger partial charge in [0.2, 0.25) is 0 Å². The molecular formula is C10H10N2O2. The van der Waals surface area contributed by atoms with Crippen LogP contribution >= 0.6 is 0 Å². The number of nitrogens with zero attached hydrogens (tertiary/aromatic N) is 1. The Morgan fingerprint density at radius 3 is 3.29 bits per heavy atom. The molecule has 0 aliphatic rings. The fraction of sp³-hybridized carbons (Fsp3) is 0.200. The zero-order valence-corrected chi connectivity index (χ0v) is 7.78. The number of hydrogen-bond acceptors (Lipinski definition) is 4. The summed E-state index contributed by atoms with van der Waals surface area (Å²) in [6, 6.07) is 1.78. The topological polar surface area (TPSA) is 55.1 Å². The molecule has 0 fully saturated rings. The molecule has 4 nitrogen and oxygen atoms in total. The van der Waals surface area contributed by atoms with Crippen LogP contribution in [0.1, 0.15) is 10.4 Å². The quantitative estimate of drug-likeness (QED) is 0.739. The number of rotatable bonds is 3. The molecule has 0 saturated carbocycles. The third kappa shape index (κ3) is 1.40. The van der Waals surface area contributed by atoms with Crippen molar-refractivity contribution in [3.05, 3.63) is 30.3 Å². The van der Waals surface area contributed by atoms with Crippen molar-refractivity contribution in [2.24, 2.45) is 0 Å². The smallest absolute Gasteiger partial charge is 0.180 e. The minimum atomic E-state index is 0.0254. The van der Waals surface area contributed by atoms with Gasteiger partial charge in [-0.15, -0.1) is 0 Å². The average Bonchev–Trinajstić information content (AvgIpc) is 2.61. The van der Waals surface area contributed by atoms with Crippen molar-refractivity contribution in [1.29, 1.82) is 0 Å². The van der Waals surface area contributed by atoms with Crippen LogP contribution in [0.5, 0.6) is 0 Å². The van der Waals surface area contributed by atoms with Gasteiger partial charge in [-0.1, -0.05) is 0 Å². The maximum atomic E-state index is 11.6. The van der Waals surface area contributed by atoms with E-state index in [9.17, 15) is 4.79 Å². The molecule has 0 aromatic carbocycles. The lowest BCUT2D eigenvalue weighted by Gasteiger charge is -1.95. The first-order valence-electron chi connectivity index (χ1n) is 4.32. The van der Waals surface area contributed by atoms with E-state index in [4.69, 9.17) is 4.42 Å². The van der Waals surface area contributed by atoms with Gasteiger partial charge in [-0.05, 0) is 13.1 Å². The highest BCUT2D eigenvalue weighted by atomic mass is 16.3. The van der Waals surface area contributed by atoms with Gasteiger partial charge in [-0.25, -0.2) is 0 Å². The van der Waals surface area contributed by atoms with Gasteiger partial charge in [0.05, 0.1) is 18.3 Å². The van der Waals surface area contributed by atoms with E-state index in [-0.39, 0.29) is 5.78 Å². The van der Waals surface area contributed by atoms with Crippen LogP contribution in [0, 0.1) is 0 Å². The highest BCUT2D eigenvalue weighted by Crippen LogP contribution is 2.19. The second kappa shape index (κ2) is 3.59. The number of Topliss-reactive ketones (excluding diaryl/α,β-unsaturated/α-hetero) is 1. The summed E-state index contributed by atoms with van der Waals surface area (Å²) in [4.78, 5) is 15.5. The molecular weight excluding hydrogens is 180 g/mol. The highest BCUT2D eigenvalue weighted by Gasteiger charge is 2.12. The molecule has 0 unspecified atom stereocenters. The summed E-state index contributed by atoms with van der Waals surface area (Å²) in [5.41, 5.74) is 1.25. The lowest BCUT2D eigenvalue weighted by Crippen LogP contribution is -2.18. The van der Waals surface area contributed by atoms with Gasteiger partial charge in [0, 0.05) is 11.6 Å². The molecule has 0 radical (unpaired) electrons. The van der Waals surface area contributed by atoms with E-state index in [1.807, 2.05) is 0 Å². The van der Waals surface area contributed by atoms with Crippen LogP contribution in [0.15, 0.2) is 29.1 Å². The van der Waals surface area contributed by atoms with E-state index in [1.54, 1.807) is 25.5 Å². The Kier molecular flexibility index (Phi) is 2.28. The summed E-state index contributed by atoms with van der Waals surface area (Å²) >= 11 is 0. The minimum absolute atomic E-state index is 0.0254. The van der Waals surface area contributed by atoms with Crippen LogP contribution in [0.3, 0.4) is 0 Å². The predicted octanol–water partition coefficient (Wildman–Crippen LogP) is 1.23. The Morgan fingerprint density at radius 1 is 1.64 bits per heavy atom. The first-order chi connectivity index (χ1) is 6.83. The second-order valence-electron chi connectivity index (χ2n) is 2.97. The standard InChI is InChI=1S/C10H10N2O2/c1-11-4-9(13)8-6-14-10-5-12-3-2-7(8)10/h2-3,5-6,11H,4H2,1H3. The third-order valence-electron chi connectivity index (χ3n) is 2.02. The van der Waals surface area contributed by atoms with Gasteiger partial charge in [-0.3, -0.25) is 9.78 Å². The van der Waals surface area contributed by atoms with Crippen LogP contribution < -0.4 is 5.32 Å². The number of carbonyl (C=O) groups is 1. The van der Waals surface area contributed by atoms with E-state index in [0.717, 1.165) is 5.39 Å². The Morgan fingerprint density at radius 2 is 2.50 bits per heavy atom. The summed E-state index contributed by atoms with van der Waals surface area (Å²) in [5, 5.41) is 3.63. The van der Waals surface area contributed by atoms with Crippen LogP contribution in [0.25, 0.3) is 11.0 Å². The van der Waals surface area contributed by atoms with Crippen molar-refractivity contribution in [1.82, 2.24) is 10.3 Å². The van der Waals surface area contributed by atoms with E-state index in [1.165, 1.54) is 6.26 Å². The first kappa shape index (κ1) is 8.90. The molecule has 0 aliphatic heterocycles. The fourth-order valence-electron chi connectivity index (χ4n) is 1.35. The normalized spacial score (nSPS) is 10.6. The van der Waals surface area contributed by atoms with Crippen LogP contribution in [-0.4, -0.2) is 24.4 Å². The highest BCUT2D eigenvalue weighted by molar-refractivity contribution is 6.07. The number of aromatic nitrogens is 1. The lowest BCUT2D eigenvalue weighted by molar-refractivity contribution is 0.0994. The molecule has 14 heavy (non-hydrogen) atoms. The van der Waals surface area contributed by atoms with Crippen LogP contribution in [0.2, 0.25) is 0 Å². The Hall–Kier alpha value is -1.68. The van der Waals surface area contributed by atoms with E-state index in [2.05, 4.69) is 10.3 Å². The van der Waals surface area contributed by atoms with Gasteiger partial charge in [0.1, 0.15) is 6.26 Å². The lowest BCUT2D eigenvalue weighted by atomic mass is 10.1. The van der Waals surface area contributed by atoms with E-state index < -0.39 is 0 Å². The second-order valence-corrected chi connectivity index (χ2v) is 2.97. The van der Waals surface area contributed by atoms with Crippen molar-refractivity contribution in [2.45, 2.75) is 0 Å². The van der Waals surface area contributed by atoms with Gasteiger partial charge >= 0.3 is 0 Å². The van der Waals surface area contributed by atoms with Crippen molar-refractivity contribution in [3.8, 4) is 0 Å². The van der Waals surface area contributed by atoms with Gasteiger partial charge in [-0.2, -0.15) is 0 Å². The molecule has 72 valence electrons. The number of carbonyl (C=O) groups excluding carboxylic acids is 1. The monoisotopic (exact) mass is 190 g/mol. The molecule has 2 aromatic rings. The zero-order valence-electron chi connectivity index (χ0n) is 7.78. The summed E-state index contributed by atoms with van der Waals surface area (Å²) in [6.45, 7) is 0.316. The summed E-state index contributed by atoms with van der Waals surface area (Å²) in [6.07, 6.45) is 4.73. The van der Waals surface area contributed by atoms with E-state index >= 15 is 0 Å². The van der Waals surface area contributed by atoms with E-state index in [0.29, 0.717) is 17.7 Å². The fourth-order valence-corrected chi connectivity index (χ4v) is 1.35. The molecule has 0 bridgehead atoms. The van der Waals surface area contributed by atoms with Gasteiger partial charge in [0.15, 0.2) is 11.4 Å². The number of pyridine rings is 1. The van der Waals surface area contributed by atoms with Gasteiger partial charge in [0.25, 0.3) is 0 Å². The van der Waals surface area contributed by atoms with Crippen LogP contribution in [-0.2, 0) is 0 Å². The maximum Gasteiger partial charge on any atom is 0.180 e. The average molecular weight is 190 g/mol. The number of furan rings is 1. The Bertz CT molecular complexity index is 462. The number of nitrogens with one attached hydrogen (secondary N) is 1. The maximum absolute atomic E-state index is 11.6. The summed E-state index contributed by atoms with van der Waals surface area (Å²) in [5.74, 6) is 0.0254. The van der Waals surface area contributed by atoms with Gasteiger partial charge < -0.3 is 9.73 Å². The molecule has 2 aromatic heterocycles. The number of likely N-dealkylation sites (N-methyl/N-ethyl adjacent to an activating group) is 1.